The van der Waals surface area contributed by atoms with E-state index in [2.05, 4.69) is 30.3 Å². The summed E-state index contributed by atoms with van der Waals surface area (Å²) < 4.78 is 2.27. The number of aryl methyl sites for hydroxylation is 1. The first-order valence-corrected chi connectivity index (χ1v) is 6.27. The Morgan fingerprint density at radius 1 is 1.38 bits per heavy atom. The summed E-state index contributed by atoms with van der Waals surface area (Å²) >= 11 is 0. The second-order valence-corrected chi connectivity index (χ2v) is 5.97. The zero-order valence-corrected chi connectivity index (χ0v) is 10.7. The zero-order chi connectivity index (χ0) is 11.8. The molecule has 0 bridgehead atoms. The maximum atomic E-state index is 6.23. The van der Waals surface area contributed by atoms with Gasteiger partial charge < -0.3 is 10.3 Å². The highest BCUT2D eigenvalue weighted by Gasteiger charge is 2.23. The Morgan fingerprint density at radius 3 is 2.75 bits per heavy atom. The molecule has 1 atom stereocenters. The van der Waals surface area contributed by atoms with Crippen molar-refractivity contribution in [3.63, 3.8) is 0 Å². The number of hydrogen-bond acceptors (Lipinski definition) is 2. The van der Waals surface area contributed by atoms with Gasteiger partial charge in [0.1, 0.15) is 0 Å². The molecule has 0 saturated carbocycles. The first-order chi connectivity index (χ1) is 7.48. The Balaban J connectivity index is 2.13. The highest BCUT2D eigenvalue weighted by Crippen LogP contribution is 2.23. The van der Waals surface area contributed by atoms with Gasteiger partial charge in [0.15, 0.2) is 0 Å². The van der Waals surface area contributed by atoms with Crippen LogP contribution in [-0.4, -0.2) is 15.6 Å². The van der Waals surface area contributed by atoms with Crippen LogP contribution in [-0.2, 0) is 19.4 Å². The molecule has 0 radical (unpaired) electrons. The van der Waals surface area contributed by atoms with Crippen LogP contribution in [0.15, 0.2) is 6.33 Å². The van der Waals surface area contributed by atoms with E-state index in [1.54, 1.807) is 0 Å². The third kappa shape index (κ3) is 2.29. The fourth-order valence-corrected chi connectivity index (χ4v) is 2.17. The molecule has 2 N–H and O–H groups in total. The molecule has 2 rings (SSSR count). The van der Waals surface area contributed by atoms with Crippen LogP contribution in [0.25, 0.3) is 0 Å². The van der Waals surface area contributed by atoms with E-state index in [4.69, 9.17) is 5.73 Å². The van der Waals surface area contributed by atoms with E-state index in [1.807, 2.05) is 6.33 Å². The van der Waals surface area contributed by atoms with Gasteiger partial charge in [0, 0.05) is 18.3 Å². The Morgan fingerprint density at radius 2 is 2.06 bits per heavy atom. The lowest BCUT2D eigenvalue weighted by molar-refractivity contribution is 0.289. The van der Waals surface area contributed by atoms with Crippen LogP contribution >= 0.6 is 0 Å². The van der Waals surface area contributed by atoms with Gasteiger partial charge >= 0.3 is 0 Å². The number of nitrogens with two attached hydrogens (primary N) is 1. The number of hydrogen-bond donors (Lipinski definition) is 1. The standard InChI is InChI=1S/C13H23N3/c1-13(2,3)12(14)8-16-9-15-10-6-4-5-7-11(10)16/h9,12H,4-8,14H2,1-3H3. The van der Waals surface area contributed by atoms with Crippen molar-refractivity contribution < 1.29 is 0 Å². The Bertz CT molecular complexity index is 360. The molecule has 0 saturated heterocycles. The van der Waals surface area contributed by atoms with Crippen molar-refractivity contribution in [2.24, 2.45) is 11.1 Å². The fraction of sp³-hybridized carbons (Fsp3) is 0.769. The van der Waals surface area contributed by atoms with Gasteiger partial charge in [-0.15, -0.1) is 0 Å². The van der Waals surface area contributed by atoms with Gasteiger partial charge in [-0.25, -0.2) is 4.98 Å². The molecule has 1 unspecified atom stereocenters. The SMILES string of the molecule is CC(C)(C)C(N)Cn1cnc2c1CCCC2. The average Bonchev–Trinajstić information content (AvgIpc) is 2.61. The predicted octanol–water partition coefficient (Wildman–Crippen LogP) is 2.14. The molecule has 1 aliphatic rings. The summed E-state index contributed by atoms with van der Waals surface area (Å²) in [4.78, 5) is 4.50. The largest absolute Gasteiger partial charge is 0.333 e. The van der Waals surface area contributed by atoms with E-state index in [9.17, 15) is 0 Å². The maximum Gasteiger partial charge on any atom is 0.0952 e. The van der Waals surface area contributed by atoms with Crippen LogP contribution < -0.4 is 5.73 Å². The van der Waals surface area contributed by atoms with Crippen LogP contribution in [0.5, 0.6) is 0 Å². The van der Waals surface area contributed by atoms with Crippen LogP contribution in [0, 0.1) is 5.41 Å². The molecule has 16 heavy (non-hydrogen) atoms. The van der Waals surface area contributed by atoms with E-state index in [0.717, 1.165) is 13.0 Å². The lowest BCUT2D eigenvalue weighted by Crippen LogP contribution is -2.39. The highest BCUT2D eigenvalue weighted by molar-refractivity contribution is 5.16. The lowest BCUT2D eigenvalue weighted by atomic mass is 9.87. The molecule has 0 amide bonds. The molecule has 3 nitrogen and oxygen atoms in total. The summed E-state index contributed by atoms with van der Waals surface area (Å²) in [6, 6.07) is 0.188. The van der Waals surface area contributed by atoms with Gasteiger partial charge in [0.2, 0.25) is 0 Å². The third-order valence-corrected chi connectivity index (χ3v) is 3.62. The molecule has 90 valence electrons. The minimum atomic E-state index is 0.159. The van der Waals surface area contributed by atoms with Crippen molar-refractivity contribution in [2.45, 2.75) is 59.0 Å². The van der Waals surface area contributed by atoms with Crippen molar-refractivity contribution in [1.82, 2.24) is 9.55 Å². The molecular formula is C13H23N3. The summed E-state index contributed by atoms with van der Waals surface area (Å²) in [5, 5.41) is 0. The molecule has 1 aliphatic carbocycles. The van der Waals surface area contributed by atoms with E-state index >= 15 is 0 Å². The average molecular weight is 221 g/mol. The molecule has 0 aliphatic heterocycles. The van der Waals surface area contributed by atoms with Crippen molar-refractivity contribution in [3.05, 3.63) is 17.7 Å². The number of aromatic nitrogens is 2. The van der Waals surface area contributed by atoms with E-state index in [-0.39, 0.29) is 11.5 Å². The van der Waals surface area contributed by atoms with E-state index in [1.165, 1.54) is 30.7 Å². The quantitative estimate of drug-likeness (QED) is 0.831. The number of imidazole rings is 1. The summed E-state index contributed by atoms with van der Waals surface area (Å²) in [7, 11) is 0. The number of nitrogens with zero attached hydrogens (tertiary/aromatic N) is 2. The van der Waals surface area contributed by atoms with Crippen LogP contribution in [0.4, 0.5) is 0 Å². The van der Waals surface area contributed by atoms with E-state index < -0.39 is 0 Å². The summed E-state index contributed by atoms with van der Waals surface area (Å²) in [6.45, 7) is 7.48. The zero-order valence-electron chi connectivity index (χ0n) is 10.7. The second-order valence-electron chi connectivity index (χ2n) is 5.97. The molecular weight excluding hydrogens is 198 g/mol. The van der Waals surface area contributed by atoms with Gasteiger partial charge in [-0.2, -0.15) is 0 Å². The molecule has 1 aromatic rings. The number of fused-ring (bicyclic) bond motifs is 1. The van der Waals surface area contributed by atoms with Crippen LogP contribution in [0.3, 0.4) is 0 Å². The van der Waals surface area contributed by atoms with Crippen LogP contribution in [0.2, 0.25) is 0 Å². The summed E-state index contributed by atoms with van der Waals surface area (Å²) in [5.74, 6) is 0. The third-order valence-electron chi connectivity index (χ3n) is 3.62. The van der Waals surface area contributed by atoms with Gasteiger partial charge in [0.25, 0.3) is 0 Å². The van der Waals surface area contributed by atoms with Crippen molar-refractivity contribution in [1.29, 1.82) is 0 Å². The minimum Gasteiger partial charge on any atom is -0.333 e. The van der Waals surface area contributed by atoms with Gasteiger partial charge in [-0.05, 0) is 31.1 Å². The Labute approximate surface area is 98.1 Å². The first-order valence-electron chi connectivity index (χ1n) is 6.27. The summed E-state index contributed by atoms with van der Waals surface area (Å²) in [6.07, 6.45) is 6.87. The molecule has 1 heterocycles. The van der Waals surface area contributed by atoms with Gasteiger partial charge in [-0.1, -0.05) is 20.8 Å². The normalized spacial score (nSPS) is 18.2. The first kappa shape index (κ1) is 11.6. The second kappa shape index (κ2) is 4.21. The Hall–Kier alpha value is -0.830. The van der Waals surface area contributed by atoms with Gasteiger partial charge in [-0.3, -0.25) is 0 Å². The molecule has 3 heteroatoms. The Kier molecular flexibility index (Phi) is 3.06. The molecule has 0 spiro atoms. The predicted molar refractivity (Wildman–Crippen MR) is 66.3 cm³/mol. The lowest BCUT2D eigenvalue weighted by Gasteiger charge is -2.28. The molecule has 0 aromatic carbocycles. The maximum absolute atomic E-state index is 6.23. The smallest absolute Gasteiger partial charge is 0.0952 e. The van der Waals surface area contributed by atoms with Crippen molar-refractivity contribution >= 4 is 0 Å². The van der Waals surface area contributed by atoms with Crippen molar-refractivity contribution in [3.8, 4) is 0 Å². The highest BCUT2D eigenvalue weighted by atomic mass is 15.1. The van der Waals surface area contributed by atoms with Crippen LogP contribution in [0.1, 0.15) is 45.0 Å². The minimum absolute atomic E-state index is 0.159. The van der Waals surface area contributed by atoms with E-state index in [0.29, 0.717) is 0 Å². The van der Waals surface area contributed by atoms with Crippen molar-refractivity contribution in [2.75, 3.05) is 0 Å². The topological polar surface area (TPSA) is 43.8 Å². The summed E-state index contributed by atoms with van der Waals surface area (Å²) in [5.41, 5.74) is 9.11. The van der Waals surface area contributed by atoms with Gasteiger partial charge in [0.05, 0.1) is 12.0 Å². The monoisotopic (exact) mass is 221 g/mol. The molecule has 1 aromatic heterocycles. The molecule has 0 fully saturated rings. The number of rotatable bonds is 2. The fourth-order valence-electron chi connectivity index (χ4n) is 2.17.